The fourth-order valence-electron chi connectivity index (χ4n) is 3.01. The van der Waals surface area contributed by atoms with Crippen molar-refractivity contribution in [1.29, 1.82) is 0 Å². The highest BCUT2D eigenvalue weighted by Gasteiger charge is 2.35. The van der Waals surface area contributed by atoms with Crippen molar-refractivity contribution in [3.63, 3.8) is 0 Å². The molecule has 1 N–H and O–H groups in total. The van der Waals surface area contributed by atoms with Crippen LogP contribution in [0.25, 0.3) is 0 Å². The number of fused-ring (bicyclic) bond motifs is 1. The van der Waals surface area contributed by atoms with Gasteiger partial charge in [0.05, 0.1) is 13.5 Å². The molecule has 1 atom stereocenters. The molecule has 2 rings (SSSR count). The van der Waals surface area contributed by atoms with Crippen molar-refractivity contribution in [2.75, 3.05) is 20.3 Å². The van der Waals surface area contributed by atoms with Crippen molar-refractivity contribution in [2.24, 2.45) is 0 Å². The van der Waals surface area contributed by atoms with E-state index in [0.29, 0.717) is 6.42 Å². The van der Waals surface area contributed by atoms with Crippen LogP contribution >= 0.6 is 0 Å². The molecule has 1 aliphatic rings. The fraction of sp³-hybridized carbons (Fsp3) is 0.524. The van der Waals surface area contributed by atoms with E-state index in [1.165, 1.54) is 12.0 Å². The minimum atomic E-state index is -0.773. The van der Waals surface area contributed by atoms with Crippen LogP contribution in [0.1, 0.15) is 38.3 Å². The Balaban J connectivity index is 1.86. The summed E-state index contributed by atoms with van der Waals surface area (Å²) in [4.78, 5) is 49.6. The molecule has 1 aliphatic heterocycles. The fourth-order valence-corrected chi connectivity index (χ4v) is 3.01. The van der Waals surface area contributed by atoms with Gasteiger partial charge in [-0.05, 0) is 31.9 Å². The first-order valence-electron chi connectivity index (χ1n) is 9.67. The van der Waals surface area contributed by atoms with Crippen LogP contribution in [0.15, 0.2) is 24.3 Å². The number of benzene rings is 1. The Morgan fingerprint density at radius 3 is 2.43 bits per heavy atom. The quantitative estimate of drug-likeness (QED) is 0.549. The predicted molar refractivity (Wildman–Crippen MR) is 106 cm³/mol. The number of esters is 2. The van der Waals surface area contributed by atoms with E-state index in [2.05, 4.69) is 5.32 Å². The van der Waals surface area contributed by atoms with E-state index in [9.17, 15) is 19.2 Å². The predicted octanol–water partition coefficient (Wildman–Crippen LogP) is 1.57. The van der Waals surface area contributed by atoms with Gasteiger partial charge in [-0.25, -0.2) is 9.59 Å². The van der Waals surface area contributed by atoms with Gasteiger partial charge < -0.3 is 24.4 Å². The molecule has 0 saturated heterocycles. The largest absolute Gasteiger partial charge is 0.467 e. The SMILES string of the molecule is COC(=O)[C@@H]1Cc2ccccc2CN1C(=O)COC(=O)CCNC(=O)OC(C)(C)C. The molecule has 9 nitrogen and oxygen atoms in total. The number of carbonyl (C=O) groups excluding carboxylic acids is 4. The molecule has 1 aromatic carbocycles. The third-order valence-corrected chi connectivity index (χ3v) is 4.40. The Morgan fingerprint density at radius 2 is 1.80 bits per heavy atom. The maximum atomic E-state index is 12.6. The van der Waals surface area contributed by atoms with Crippen LogP contribution in [0.2, 0.25) is 0 Å². The van der Waals surface area contributed by atoms with Crippen LogP contribution in [0.4, 0.5) is 4.79 Å². The molecule has 1 aromatic rings. The smallest absolute Gasteiger partial charge is 0.407 e. The molecule has 0 bridgehead atoms. The molecule has 164 valence electrons. The minimum Gasteiger partial charge on any atom is -0.467 e. The number of methoxy groups -OCH3 is 1. The number of nitrogens with one attached hydrogen (secondary N) is 1. The molecule has 30 heavy (non-hydrogen) atoms. The lowest BCUT2D eigenvalue weighted by Crippen LogP contribution is -2.50. The first-order valence-corrected chi connectivity index (χ1v) is 9.67. The van der Waals surface area contributed by atoms with Crippen LogP contribution < -0.4 is 5.32 Å². The molecule has 2 amide bonds. The van der Waals surface area contributed by atoms with Gasteiger partial charge >= 0.3 is 18.0 Å². The zero-order chi connectivity index (χ0) is 22.3. The van der Waals surface area contributed by atoms with Gasteiger partial charge in [-0.1, -0.05) is 24.3 Å². The minimum absolute atomic E-state index is 0.0177. The normalized spacial score (nSPS) is 15.6. The molecular weight excluding hydrogens is 392 g/mol. The highest BCUT2D eigenvalue weighted by atomic mass is 16.6. The molecule has 1 heterocycles. The van der Waals surface area contributed by atoms with Gasteiger partial charge in [-0.3, -0.25) is 9.59 Å². The number of hydrogen-bond donors (Lipinski definition) is 1. The number of carbonyl (C=O) groups is 4. The second kappa shape index (κ2) is 10.1. The molecule has 0 radical (unpaired) electrons. The summed E-state index contributed by atoms with van der Waals surface area (Å²) in [6, 6.07) is 6.75. The summed E-state index contributed by atoms with van der Waals surface area (Å²) < 4.78 is 14.9. The van der Waals surface area contributed by atoms with Gasteiger partial charge in [0.2, 0.25) is 0 Å². The van der Waals surface area contributed by atoms with Crippen LogP contribution in [0.5, 0.6) is 0 Å². The molecule has 9 heteroatoms. The highest BCUT2D eigenvalue weighted by molar-refractivity contribution is 5.87. The highest BCUT2D eigenvalue weighted by Crippen LogP contribution is 2.24. The topological polar surface area (TPSA) is 111 Å². The van der Waals surface area contributed by atoms with Gasteiger partial charge in [-0.15, -0.1) is 0 Å². The summed E-state index contributed by atoms with van der Waals surface area (Å²) in [7, 11) is 1.27. The van der Waals surface area contributed by atoms with Gasteiger partial charge in [0.25, 0.3) is 5.91 Å². The number of rotatable bonds is 6. The van der Waals surface area contributed by atoms with Crippen molar-refractivity contribution < 1.29 is 33.4 Å². The second-order valence-corrected chi connectivity index (χ2v) is 7.87. The van der Waals surface area contributed by atoms with Crippen molar-refractivity contribution in [3.8, 4) is 0 Å². The van der Waals surface area contributed by atoms with E-state index in [1.807, 2.05) is 24.3 Å². The van der Waals surface area contributed by atoms with E-state index in [1.54, 1.807) is 20.8 Å². The number of nitrogens with zero attached hydrogens (tertiary/aromatic N) is 1. The average Bonchev–Trinajstić information content (AvgIpc) is 2.69. The Hall–Kier alpha value is -3.10. The lowest BCUT2D eigenvalue weighted by molar-refractivity contribution is -0.159. The van der Waals surface area contributed by atoms with Gasteiger partial charge in [0.1, 0.15) is 11.6 Å². The first-order chi connectivity index (χ1) is 14.1. The molecule has 0 fully saturated rings. The monoisotopic (exact) mass is 420 g/mol. The lowest BCUT2D eigenvalue weighted by Gasteiger charge is -2.35. The number of alkyl carbamates (subject to hydrolysis) is 1. The zero-order valence-corrected chi connectivity index (χ0v) is 17.7. The summed E-state index contributed by atoms with van der Waals surface area (Å²) in [5.41, 5.74) is 1.27. The van der Waals surface area contributed by atoms with Crippen molar-refractivity contribution in [1.82, 2.24) is 10.2 Å². The summed E-state index contributed by atoms with van der Waals surface area (Å²) >= 11 is 0. The Kier molecular flexibility index (Phi) is 7.79. The molecule has 0 aromatic heterocycles. The third-order valence-electron chi connectivity index (χ3n) is 4.40. The zero-order valence-electron chi connectivity index (χ0n) is 17.7. The van der Waals surface area contributed by atoms with Gasteiger partial charge in [-0.2, -0.15) is 0 Å². The maximum absolute atomic E-state index is 12.6. The Bertz CT molecular complexity index is 801. The van der Waals surface area contributed by atoms with Crippen molar-refractivity contribution >= 4 is 23.9 Å². The number of ether oxygens (including phenoxy) is 3. The molecule has 0 aliphatic carbocycles. The van der Waals surface area contributed by atoms with Crippen LogP contribution in [0, 0.1) is 0 Å². The lowest BCUT2D eigenvalue weighted by atomic mass is 9.94. The van der Waals surface area contributed by atoms with E-state index >= 15 is 0 Å². The summed E-state index contributed by atoms with van der Waals surface area (Å²) in [5.74, 6) is -1.66. The number of amides is 2. The van der Waals surface area contributed by atoms with E-state index in [-0.39, 0.29) is 19.5 Å². The number of hydrogen-bond acceptors (Lipinski definition) is 7. The molecular formula is C21H28N2O7. The maximum Gasteiger partial charge on any atom is 0.407 e. The van der Waals surface area contributed by atoms with Gasteiger partial charge in [0, 0.05) is 19.5 Å². The van der Waals surface area contributed by atoms with Crippen molar-refractivity contribution in [3.05, 3.63) is 35.4 Å². The molecule has 0 spiro atoms. The van der Waals surface area contributed by atoms with Crippen LogP contribution in [0.3, 0.4) is 0 Å². The second-order valence-electron chi connectivity index (χ2n) is 7.87. The summed E-state index contributed by atoms with van der Waals surface area (Å²) in [6.07, 6.45) is -0.419. The standard InChI is InChI=1S/C21H28N2O7/c1-21(2,3)30-20(27)22-10-9-18(25)29-13-17(24)23-12-15-8-6-5-7-14(15)11-16(23)19(26)28-4/h5-8,16H,9-13H2,1-4H3,(H,22,27)/t16-/m0/s1. The van der Waals surface area contributed by atoms with Crippen LogP contribution in [-0.2, 0) is 41.6 Å². The van der Waals surface area contributed by atoms with Gasteiger partial charge in [0.15, 0.2) is 6.61 Å². The average molecular weight is 420 g/mol. The molecule has 0 unspecified atom stereocenters. The van der Waals surface area contributed by atoms with Crippen molar-refractivity contribution in [2.45, 2.75) is 51.8 Å². The van der Waals surface area contributed by atoms with Crippen LogP contribution in [-0.4, -0.2) is 60.7 Å². The van der Waals surface area contributed by atoms with E-state index < -0.39 is 42.2 Å². The summed E-state index contributed by atoms with van der Waals surface area (Å²) in [5, 5.41) is 2.44. The van der Waals surface area contributed by atoms with E-state index in [0.717, 1.165) is 11.1 Å². The summed E-state index contributed by atoms with van der Waals surface area (Å²) in [6.45, 7) is 4.93. The molecule has 0 saturated carbocycles. The first kappa shape index (κ1) is 23.2. The Labute approximate surface area is 175 Å². The third kappa shape index (κ3) is 6.75. The van der Waals surface area contributed by atoms with E-state index in [4.69, 9.17) is 14.2 Å². The Morgan fingerprint density at radius 1 is 1.13 bits per heavy atom.